The van der Waals surface area contributed by atoms with Gasteiger partial charge in [0.05, 0.1) is 6.54 Å². The molecule has 168 valence electrons. The number of carbonyl (C=O) groups excluding carboxylic acids is 1. The van der Waals surface area contributed by atoms with Crippen LogP contribution in [0.4, 0.5) is 0 Å². The second-order valence-electron chi connectivity index (χ2n) is 7.81. The standard InChI is InChI=1S/C21H22N4O6S/c26-21(22-12-15-13-29-17-5-1-2-6-18(17)30-15)14-8-10-25(11-9-14)32(27,28)19-7-3-4-16-20(19)24-31-23-16/h1-7,14-15H,8-13H2,(H,22,26). The molecule has 10 nitrogen and oxygen atoms in total. The monoisotopic (exact) mass is 458 g/mol. The van der Waals surface area contributed by atoms with Crippen LogP contribution in [-0.2, 0) is 14.8 Å². The Morgan fingerprint density at radius 3 is 2.66 bits per heavy atom. The molecule has 0 spiro atoms. The first-order chi connectivity index (χ1) is 15.5. The van der Waals surface area contributed by atoms with E-state index in [1.807, 2.05) is 24.3 Å². The van der Waals surface area contributed by atoms with Crippen molar-refractivity contribution < 1.29 is 27.3 Å². The molecular formula is C21H22N4O6S. The molecule has 0 aliphatic carbocycles. The molecule has 11 heteroatoms. The zero-order valence-corrected chi connectivity index (χ0v) is 18.0. The van der Waals surface area contributed by atoms with Crippen LogP contribution >= 0.6 is 0 Å². The summed E-state index contributed by atoms with van der Waals surface area (Å²) in [6, 6.07) is 12.1. The van der Waals surface area contributed by atoms with Gasteiger partial charge in [0.15, 0.2) is 17.0 Å². The van der Waals surface area contributed by atoms with Crippen molar-refractivity contribution in [2.24, 2.45) is 5.92 Å². The first-order valence-electron chi connectivity index (χ1n) is 10.4. The van der Waals surface area contributed by atoms with Gasteiger partial charge in [-0.15, -0.1) is 0 Å². The van der Waals surface area contributed by atoms with Crippen molar-refractivity contribution in [3.8, 4) is 11.5 Å². The average Bonchev–Trinajstić information content (AvgIpc) is 3.31. The fourth-order valence-corrected chi connectivity index (χ4v) is 5.62. The van der Waals surface area contributed by atoms with Crippen molar-refractivity contribution >= 4 is 27.0 Å². The molecule has 1 N–H and O–H groups in total. The molecular weight excluding hydrogens is 436 g/mol. The van der Waals surface area contributed by atoms with E-state index in [1.165, 1.54) is 10.4 Å². The van der Waals surface area contributed by atoms with Crippen molar-refractivity contribution in [1.29, 1.82) is 0 Å². The highest BCUT2D eigenvalue weighted by molar-refractivity contribution is 7.89. The predicted octanol–water partition coefficient (Wildman–Crippen LogP) is 1.58. The summed E-state index contributed by atoms with van der Waals surface area (Å²) in [6.45, 7) is 1.18. The number of ether oxygens (including phenoxy) is 2. The van der Waals surface area contributed by atoms with Crippen LogP contribution in [0.2, 0.25) is 0 Å². The van der Waals surface area contributed by atoms with E-state index >= 15 is 0 Å². The molecule has 3 aromatic rings. The van der Waals surface area contributed by atoms with Crippen LogP contribution in [0.15, 0.2) is 52.0 Å². The summed E-state index contributed by atoms with van der Waals surface area (Å²) in [5, 5.41) is 10.3. The number of rotatable bonds is 5. The summed E-state index contributed by atoms with van der Waals surface area (Å²) in [7, 11) is -3.76. The maximum Gasteiger partial charge on any atom is 0.245 e. The second-order valence-corrected chi connectivity index (χ2v) is 9.72. The fraction of sp³-hybridized carbons (Fsp3) is 0.381. The molecule has 1 saturated heterocycles. The predicted molar refractivity (Wildman–Crippen MR) is 113 cm³/mol. The van der Waals surface area contributed by atoms with Crippen molar-refractivity contribution in [1.82, 2.24) is 19.9 Å². The van der Waals surface area contributed by atoms with Crippen LogP contribution < -0.4 is 14.8 Å². The average molecular weight is 458 g/mol. The third-order valence-electron chi connectivity index (χ3n) is 5.76. The molecule has 2 aromatic carbocycles. The lowest BCUT2D eigenvalue weighted by Crippen LogP contribution is -2.46. The van der Waals surface area contributed by atoms with E-state index in [-0.39, 0.29) is 41.4 Å². The molecule has 0 radical (unpaired) electrons. The van der Waals surface area contributed by atoms with Crippen molar-refractivity contribution in [2.45, 2.75) is 23.8 Å². The van der Waals surface area contributed by atoms with Gasteiger partial charge in [-0.25, -0.2) is 13.0 Å². The van der Waals surface area contributed by atoms with Crippen molar-refractivity contribution in [2.75, 3.05) is 26.2 Å². The van der Waals surface area contributed by atoms with E-state index in [4.69, 9.17) is 9.47 Å². The Balaban J connectivity index is 1.16. The maximum atomic E-state index is 13.1. The molecule has 0 bridgehead atoms. The lowest BCUT2D eigenvalue weighted by molar-refractivity contribution is -0.126. The zero-order valence-electron chi connectivity index (χ0n) is 17.1. The Morgan fingerprint density at radius 1 is 1.06 bits per heavy atom. The van der Waals surface area contributed by atoms with Gasteiger partial charge in [0.1, 0.15) is 23.1 Å². The number of amides is 1. The van der Waals surface area contributed by atoms with Crippen LogP contribution in [0, 0.1) is 5.92 Å². The number of benzene rings is 2. The van der Waals surface area contributed by atoms with Crippen LogP contribution in [0.3, 0.4) is 0 Å². The third kappa shape index (κ3) is 3.89. The summed E-state index contributed by atoms with van der Waals surface area (Å²) in [6.07, 6.45) is 0.595. The number of para-hydroxylation sites is 2. The number of piperidine rings is 1. The first-order valence-corrected chi connectivity index (χ1v) is 11.8. The van der Waals surface area contributed by atoms with Gasteiger partial charge in [-0.05, 0) is 47.4 Å². The summed E-state index contributed by atoms with van der Waals surface area (Å²) >= 11 is 0. The van der Waals surface area contributed by atoms with E-state index in [2.05, 4.69) is 20.3 Å². The first kappa shape index (κ1) is 20.7. The minimum Gasteiger partial charge on any atom is -0.486 e. The van der Waals surface area contributed by atoms with Gasteiger partial charge in [0.25, 0.3) is 0 Å². The minimum atomic E-state index is -3.76. The molecule has 1 fully saturated rings. The summed E-state index contributed by atoms with van der Waals surface area (Å²) in [4.78, 5) is 12.7. The molecule has 1 atom stereocenters. The number of nitrogens with one attached hydrogen (secondary N) is 1. The topological polar surface area (TPSA) is 124 Å². The minimum absolute atomic E-state index is 0.0638. The Bertz CT molecular complexity index is 1240. The lowest BCUT2D eigenvalue weighted by Gasteiger charge is -2.31. The lowest BCUT2D eigenvalue weighted by atomic mass is 9.97. The normalized spacial score (nSPS) is 19.7. The van der Waals surface area contributed by atoms with Crippen LogP contribution in [0.5, 0.6) is 11.5 Å². The van der Waals surface area contributed by atoms with Gasteiger partial charge in [0, 0.05) is 19.0 Å². The van der Waals surface area contributed by atoms with E-state index in [9.17, 15) is 13.2 Å². The number of hydrogen-bond donors (Lipinski definition) is 1. The maximum absolute atomic E-state index is 13.1. The number of aromatic nitrogens is 2. The molecule has 1 amide bonds. The van der Waals surface area contributed by atoms with E-state index < -0.39 is 10.0 Å². The molecule has 1 unspecified atom stereocenters. The van der Waals surface area contributed by atoms with E-state index in [0.717, 1.165) is 0 Å². The van der Waals surface area contributed by atoms with Crippen molar-refractivity contribution in [3.05, 3.63) is 42.5 Å². The number of nitrogens with zero attached hydrogens (tertiary/aromatic N) is 3. The number of fused-ring (bicyclic) bond motifs is 2. The Hall–Kier alpha value is -3.18. The van der Waals surface area contributed by atoms with Gasteiger partial charge in [-0.1, -0.05) is 18.2 Å². The van der Waals surface area contributed by atoms with Gasteiger partial charge < -0.3 is 14.8 Å². The smallest absolute Gasteiger partial charge is 0.245 e. The number of sulfonamides is 1. The summed E-state index contributed by atoms with van der Waals surface area (Å²) in [5.74, 6) is 0.990. The molecule has 3 heterocycles. The number of hydrogen-bond acceptors (Lipinski definition) is 8. The van der Waals surface area contributed by atoms with Gasteiger partial charge >= 0.3 is 0 Å². The fourth-order valence-electron chi connectivity index (χ4n) is 4.01. The van der Waals surface area contributed by atoms with Crippen LogP contribution in [0.1, 0.15) is 12.8 Å². The SMILES string of the molecule is O=C(NCC1COc2ccccc2O1)C1CCN(S(=O)(=O)c2cccc3nonc23)CC1. The van der Waals surface area contributed by atoms with E-state index in [0.29, 0.717) is 43.0 Å². The Labute approximate surface area is 184 Å². The van der Waals surface area contributed by atoms with E-state index in [1.54, 1.807) is 12.1 Å². The van der Waals surface area contributed by atoms with Gasteiger partial charge in [-0.2, -0.15) is 4.31 Å². The van der Waals surface area contributed by atoms with Crippen LogP contribution in [-0.4, -0.2) is 61.3 Å². The third-order valence-corrected chi connectivity index (χ3v) is 7.69. The largest absolute Gasteiger partial charge is 0.486 e. The highest BCUT2D eigenvalue weighted by atomic mass is 32.2. The second kappa shape index (κ2) is 8.40. The molecule has 32 heavy (non-hydrogen) atoms. The Kier molecular flexibility index (Phi) is 5.43. The zero-order chi connectivity index (χ0) is 22.1. The number of carbonyl (C=O) groups is 1. The molecule has 2 aliphatic heterocycles. The highest BCUT2D eigenvalue weighted by Crippen LogP contribution is 2.31. The van der Waals surface area contributed by atoms with Crippen molar-refractivity contribution in [3.63, 3.8) is 0 Å². The molecule has 5 rings (SSSR count). The highest BCUT2D eigenvalue weighted by Gasteiger charge is 2.34. The van der Waals surface area contributed by atoms with Gasteiger partial charge in [0.2, 0.25) is 15.9 Å². The summed E-state index contributed by atoms with van der Waals surface area (Å²) < 4.78 is 43.8. The molecule has 0 saturated carbocycles. The summed E-state index contributed by atoms with van der Waals surface area (Å²) in [5.41, 5.74) is 0.598. The van der Waals surface area contributed by atoms with Crippen LogP contribution in [0.25, 0.3) is 11.0 Å². The van der Waals surface area contributed by atoms with Gasteiger partial charge in [-0.3, -0.25) is 4.79 Å². The Morgan fingerprint density at radius 2 is 1.84 bits per heavy atom. The molecule has 1 aromatic heterocycles. The molecule has 2 aliphatic rings. The quantitative estimate of drug-likeness (QED) is 0.611.